The van der Waals surface area contributed by atoms with Crippen molar-refractivity contribution in [1.29, 1.82) is 0 Å². The van der Waals surface area contributed by atoms with Gasteiger partial charge in [0.15, 0.2) is 5.78 Å². The van der Waals surface area contributed by atoms with Gasteiger partial charge in [0.1, 0.15) is 0 Å². The quantitative estimate of drug-likeness (QED) is 0.713. The maximum absolute atomic E-state index is 12.9. The lowest BCUT2D eigenvalue weighted by molar-refractivity contribution is -0.138. The van der Waals surface area contributed by atoms with E-state index in [1.807, 2.05) is 0 Å². The topological polar surface area (TPSA) is 17.1 Å². The van der Waals surface area contributed by atoms with Gasteiger partial charge in [0.05, 0.1) is 5.56 Å². The minimum atomic E-state index is -4.58. The molecule has 100 valence electrons. The van der Waals surface area contributed by atoms with Gasteiger partial charge in [-0.3, -0.25) is 4.79 Å². The number of carbonyl (C=O) groups excluding carboxylic acids is 1. The zero-order chi connectivity index (χ0) is 14.1. The Morgan fingerprint density at radius 1 is 1.28 bits per heavy atom. The number of alkyl halides is 3. The van der Waals surface area contributed by atoms with E-state index in [0.717, 1.165) is 12.1 Å². The number of rotatable bonds is 3. The van der Waals surface area contributed by atoms with Gasteiger partial charge in [-0.15, -0.1) is 0 Å². The second-order valence-electron chi connectivity index (χ2n) is 4.75. The third kappa shape index (κ3) is 3.05. The molecule has 0 heterocycles. The normalized spacial score (nSPS) is 12.6. The van der Waals surface area contributed by atoms with Crippen molar-refractivity contribution >= 4 is 17.4 Å². The number of ketones is 1. The summed E-state index contributed by atoms with van der Waals surface area (Å²) in [6.07, 6.45) is -4.12. The fourth-order valence-corrected chi connectivity index (χ4v) is 1.65. The molecular formula is C13H14ClF3O. The van der Waals surface area contributed by atoms with E-state index < -0.39 is 22.9 Å². The van der Waals surface area contributed by atoms with Gasteiger partial charge in [0.2, 0.25) is 0 Å². The lowest BCUT2D eigenvalue weighted by atomic mass is 9.80. The smallest absolute Gasteiger partial charge is 0.294 e. The monoisotopic (exact) mass is 278 g/mol. The van der Waals surface area contributed by atoms with Crippen LogP contribution in [-0.2, 0) is 6.18 Å². The number of benzene rings is 1. The SMILES string of the molecule is CCC(C)(C)C(=O)c1ccc(Cl)cc1C(F)(F)F. The molecule has 0 unspecified atom stereocenters. The maximum atomic E-state index is 12.9. The molecule has 0 aliphatic rings. The van der Waals surface area contributed by atoms with Crippen molar-refractivity contribution in [2.45, 2.75) is 33.4 Å². The predicted molar refractivity (Wildman–Crippen MR) is 64.9 cm³/mol. The lowest BCUT2D eigenvalue weighted by Crippen LogP contribution is -2.26. The average molecular weight is 279 g/mol. The summed E-state index contributed by atoms with van der Waals surface area (Å²) in [5, 5.41) is -0.0341. The maximum Gasteiger partial charge on any atom is 0.417 e. The Labute approximate surface area is 109 Å². The third-order valence-electron chi connectivity index (χ3n) is 3.03. The molecule has 5 heteroatoms. The van der Waals surface area contributed by atoms with Crippen LogP contribution in [0.25, 0.3) is 0 Å². The van der Waals surface area contributed by atoms with E-state index in [2.05, 4.69) is 0 Å². The summed E-state index contributed by atoms with van der Waals surface area (Å²) in [4.78, 5) is 12.1. The molecule has 0 bridgehead atoms. The van der Waals surface area contributed by atoms with Crippen LogP contribution in [0.4, 0.5) is 13.2 Å². The second-order valence-corrected chi connectivity index (χ2v) is 5.19. The Morgan fingerprint density at radius 2 is 1.83 bits per heavy atom. The van der Waals surface area contributed by atoms with Crippen LogP contribution in [0.1, 0.15) is 43.1 Å². The standard InChI is InChI=1S/C13H14ClF3O/c1-4-12(2,3)11(18)9-6-5-8(14)7-10(9)13(15,16)17/h5-7H,4H2,1-3H3. The molecule has 0 aliphatic heterocycles. The van der Waals surface area contributed by atoms with Crippen LogP contribution in [0, 0.1) is 5.41 Å². The average Bonchev–Trinajstić information content (AvgIpc) is 2.27. The number of hydrogen-bond donors (Lipinski definition) is 0. The van der Waals surface area contributed by atoms with Crippen LogP contribution in [0.2, 0.25) is 5.02 Å². The van der Waals surface area contributed by atoms with E-state index in [4.69, 9.17) is 11.6 Å². The van der Waals surface area contributed by atoms with Crippen LogP contribution in [0.3, 0.4) is 0 Å². The molecule has 1 rings (SSSR count). The van der Waals surface area contributed by atoms with Crippen molar-refractivity contribution in [3.05, 3.63) is 34.3 Å². The van der Waals surface area contributed by atoms with Crippen LogP contribution in [-0.4, -0.2) is 5.78 Å². The molecule has 1 aromatic rings. The molecule has 0 saturated carbocycles. The lowest BCUT2D eigenvalue weighted by Gasteiger charge is -2.23. The highest BCUT2D eigenvalue weighted by atomic mass is 35.5. The van der Waals surface area contributed by atoms with E-state index in [1.165, 1.54) is 6.07 Å². The zero-order valence-corrected chi connectivity index (χ0v) is 11.1. The van der Waals surface area contributed by atoms with Crippen molar-refractivity contribution in [2.75, 3.05) is 0 Å². The first-order valence-corrected chi connectivity index (χ1v) is 5.89. The highest BCUT2D eigenvalue weighted by Gasteiger charge is 2.38. The van der Waals surface area contributed by atoms with Gasteiger partial charge in [0.25, 0.3) is 0 Å². The summed E-state index contributed by atoms with van der Waals surface area (Å²) in [7, 11) is 0. The molecule has 0 atom stereocenters. The largest absolute Gasteiger partial charge is 0.417 e. The summed E-state index contributed by atoms with van der Waals surface area (Å²) < 4.78 is 38.6. The summed E-state index contributed by atoms with van der Waals surface area (Å²) in [6.45, 7) is 5.02. The highest BCUT2D eigenvalue weighted by Crippen LogP contribution is 2.37. The van der Waals surface area contributed by atoms with E-state index in [0.29, 0.717) is 6.42 Å². The number of carbonyl (C=O) groups is 1. The first kappa shape index (κ1) is 15.0. The molecule has 1 nitrogen and oxygen atoms in total. The Hall–Kier alpha value is -1.03. The predicted octanol–water partition coefficient (Wildman–Crippen LogP) is 4.98. The highest BCUT2D eigenvalue weighted by molar-refractivity contribution is 6.30. The first-order chi connectivity index (χ1) is 8.09. The molecule has 0 aliphatic carbocycles. The minimum Gasteiger partial charge on any atom is -0.294 e. The summed E-state index contributed by atoms with van der Waals surface area (Å²) in [5.41, 5.74) is -2.12. The Kier molecular flexibility index (Phi) is 4.11. The summed E-state index contributed by atoms with van der Waals surface area (Å²) in [5.74, 6) is -0.519. The fourth-order valence-electron chi connectivity index (χ4n) is 1.47. The van der Waals surface area contributed by atoms with Gasteiger partial charge in [-0.2, -0.15) is 13.2 Å². The van der Waals surface area contributed by atoms with Gasteiger partial charge in [0, 0.05) is 16.0 Å². The minimum absolute atomic E-state index is 0.0341. The van der Waals surface area contributed by atoms with Crippen molar-refractivity contribution in [3.63, 3.8) is 0 Å². The molecule has 0 saturated heterocycles. The van der Waals surface area contributed by atoms with Gasteiger partial charge in [-0.05, 0) is 24.6 Å². The van der Waals surface area contributed by atoms with Gasteiger partial charge in [-0.1, -0.05) is 32.4 Å². The second kappa shape index (κ2) is 4.92. The van der Waals surface area contributed by atoms with Crippen LogP contribution < -0.4 is 0 Å². The Bertz CT molecular complexity index is 464. The molecule has 0 spiro atoms. The van der Waals surface area contributed by atoms with Gasteiger partial charge >= 0.3 is 6.18 Å². The number of hydrogen-bond acceptors (Lipinski definition) is 1. The van der Waals surface area contributed by atoms with Crippen LogP contribution in [0.15, 0.2) is 18.2 Å². The first-order valence-electron chi connectivity index (χ1n) is 5.51. The van der Waals surface area contributed by atoms with Crippen LogP contribution >= 0.6 is 11.6 Å². The number of halogens is 4. The zero-order valence-electron chi connectivity index (χ0n) is 10.4. The molecule has 18 heavy (non-hydrogen) atoms. The molecule has 0 N–H and O–H groups in total. The van der Waals surface area contributed by atoms with Crippen molar-refractivity contribution in [2.24, 2.45) is 5.41 Å². The number of Topliss-reactive ketones (excluding diaryl/α,β-unsaturated/α-hetero) is 1. The molecular weight excluding hydrogens is 265 g/mol. The Balaban J connectivity index is 3.38. The van der Waals surface area contributed by atoms with Crippen LogP contribution in [0.5, 0.6) is 0 Å². The third-order valence-corrected chi connectivity index (χ3v) is 3.27. The Morgan fingerprint density at radius 3 is 2.28 bits per heavy atom. The molecule has 0 radical (unpaired) electrons. The molecule has 0 aromatic heterocycles. The summed E-state index contributed by atoms with van der Waals surface area (Å²) >= 11 is 5.56. The van der Waals surface area contributed by atoms with E-state index in [1.54, 1.807) is 20.8 Å². The van der Waals surface area contributed by atoms with E-state index >= 15 is 0 Å². The fraction of sp³-hybridized carbons (Fsp3) is 0.462. The van der Waals surface area contributed by atoms with Gasteiger partial charge in [-0.25, -0.2) is 0 Å². The van der Waals surface area contributed by atoms with Crippen molar-refractivity contribution in [1.82, 2.24) is 0 Å². The van der Waals surface area contributed by atoms with E-state index in [-0.39, 0.29) is 10.6 Å². The molecule has 0 amide bonds. The molecule has 1 aromatic carbocycles. The van der Waals surface area contributed by atoms with Crippen molar-refractivity contribution in [3.8, 4) is 0 Å². The van der Waals surface area contributed by atoms with Gasteiger partial charge < -0.3 is 0 Å². The van der Waals surface area contributed by atoms with E-state index in [9.17, 15) is 18.0 Å². The molecule has 0 fully saturated rings. The van der Waals surface area contributed by atoms with Crippen molar-refractivity contribution < 1.29 is 18.0 Å². The summed E-state index contributed by atoms with van der Waals surface area (Å²) in [6, 6.07) is 3.24.